The van der Waals surface area contributed by atoms with E-state index in [4.69, 9.17) is 11.6 Å². The molecule has 0 fully saturated rings. The van der Waals surface area contributed by atoms with Crippen molar-refractivity contribution in [1.82, 2.24) is 0 Å². The lowest BCUT2D eigenvalue weighted by molar-refractivity contribution is -0.137. The highest BCUT2D eigenvalue weighted by atomic mass is 127. The van der Waals surface area contributed by atoms with Crippen molar-refractivity contribution in [3.05, 3.63) is 67.7 Å². The van der Waals surface area contributed by atoms with Crippen molar-refractivity contribution in [3.63, 3.8) is 0 Å². The predicted molar refractivity (Wildman–Crippen MR) is 91.0 cm³/mol. The van der Waals surface area contributed by atoms with Gasteiger partial charge in [0.25, 0.3) is 0 Å². The minimum absolute atomic E-state index is 0.000151. The normalized spacial score (nSPS) is 13.2. The first-order valence-electron chi connectivity index (χ1n) is 6.02. The van der Waals surface area contributed by atoms with Crippen LogP contribution in [0.15, 0.2) is 42.5 Å². The SMILES string of the molecule is FC(F)(F)c1ccc(CC(Br)c2cc(Cl)ccc2I)cc1. The molecular formula is C15H10BrClF3I. The molecule has 0 nitrogen and oxygen atoms in total. The first kappa shape index (κ1) is 17.1. The third kappa shape index (κ3) is 4.60. The molecule has 6 heteroatoms. The topological polar surface area (TPSA) is 0 Å². The molecule has 0 heterocycles. The van der Waals surface area contributed by atoms with Crippen molar-refractivity contribution in [2.75, 3.05) is 0 Å². The summed E-state index contributed by atoms with van der Waals surface area (Å²) in [4.78, 5) is -0.000151. The highest BCUT2D eigenvalue weighted by molar-refractivity contribution is 14.1. The van der Waals surface area contributed by atoms with E-state index in [1.165, 1.54) is 12.1 Å². The summed E-state index contributed by atoms with van der Waals surface area (Å²) in [6.45, 7) is 0. The standard InChI is InChI=1S/C15H10BrClF3I/c16-13(12-8-11(17)5-6-14(12)21)7-9-1-3-10(4-2-9)15(18,19)20/h1-6,8,13H,7H2. The number of hydrogen-bond acceptors (Lipinski definition) is 0. The van der Waals surface area contributed by atoms with Crippen LogP contribution in [0.1, 0.15) is 21.5 Å². The third-order valence-electron chi connectivity index (χ3n) is 2.99. The van der Waals surface area contributed by atoms with E-state index in [1.807, 2.05) is 18.2 Å². The van der Waals surface area contributed by atoms with Gasteiger partial charge in [0.1, 0.15) is 0 Å². The molecule has 2 rings (SSSR count). The van der Waals surface area contributed by atoms with Gasteiger partial charge in [-0.15, -0.1) is 0 Å². The van der Waals surface area contributed by atoms with E-state index in [0.717, 1.165) is 26.8 Å². The molecule has 0 aliphatic heterocycles. The molecule has 21 heavy (non-hydrogen) atoms. The molecule has 0 N–H and O–H groups in total. The third-order valence-corrected chi connectivity index (χ3v) is 5.03. The Balaban J connectivity index is 2.16. The van der Waals surface area contributed by atoms with Crippen molar-refractivity contribution in [2.45, 2.75) is 17.4 Å². The smallest absolute Gasteiger partial charge is 0.166 e. The van der Waals surface area contributed by atoms with Gasteiger partial charge in [-0.3, -0.25) is 0 Å². The summed E-state index contributed by atoms with van der Waals surface area (Å²) in [5.41, 5.74) is 1.23. The lowest BCUT2D eigenvalue weighted by Gasteiger charge is -2.14. The van der Waals surface area contributed by atoms with E-state index in [9.17, 15) is 13.2 Å². The van der Waals surface area contributed by atoms with E-state index < -0.39 is 11.7 Å². The van der Waals surface area contributed by atoms with Gasteiger partial charge in [0, 0.05) is 13.4 Å². The fraction of sp³-hybridized carbons (Fsp3) is 0.200. The average Bonchev–Trinajstić information content (AvgIpc) is 2.41. The summed E-state index contributed by atoms with van der Waals surface area (Å²) >= 11 is 11.8. The van der Waals surface area contributed by atoms with Crippen LogP contribution >= 0.6 is 50.1 Å². The van der Waals surface area contributed by atoms with Crippen molar-refractivity contribution in [2.24, 2.45) is 0 Å². The second kappa shape index (κ2) is 6.87. The van der Waals surface area contributed by atoms with Gasteiger partial charge >= 0.3 is 6.18 Å². The Kier molecular flexibility index (Phi) is 5.59. The minimum Gasteiger partial charge on any atom is -0.166 e. The van der Waals surface area contributed by atoms with Gasteiger partial charge < -0.3 is 0 Å². The minimum atomic E-state index is -4.30. The van der Waals surface area contributed by atoms with Crippen molar-refractivity contribution in [1.29, 1.82) is 0 Å². The Labute approximate surface area is 148 Å². The summed E-state index contributed by atoms with van der Waals surface area (Å²) in [6.07, 6.45) is -3.71. The summed E-state index contributed by atoms with van der Waals surface area (Å²) in [5, 5.41) is 0.641. The van der Waals surface area contributed by atoms with Crippen molar-refractivity contribution < 1.29 is 13.2 Å². The van der Waals surface area contributed by atoms with Crippen LogP contribution in [-0.4, -0.2) is 0 Å². The van der Waals surface area contributed by atoms with Gasteiger partial charge in [0.05, 0.1) is 5.56 Å². The quantitative estimate of drug-likeness (QED) is 0.335. The maximum absolute atomic E-state index is 12.5. The summed E-state index contributed by atoms with van der Waals surface area (Å²) < 4.78 is 38.6. The molecule has 2 aromatic rings. The monoisotopic (exact) mass is 488 g/mol. The first-order chi connectivity index (χ1) is 9.77. The molecular weight excluding hydrogens is 479 g/mol. The number of halogens is 6. The fourth-order valence-corrected chi connectivity index (χ4v) is 3.97. The Bertz CT molecular complexity index is 626. The highest BCUT2D eigenvalue weighted by Crippen LogP contribution is 2.34. The van der Waals surface area contributed by atoms with Gasteiger partial charge in [-0.25, -0.2) is 0 Å². The molecule has 0 radical (unpaired) electrons. The van der Waals surface area contributed by atoms with Crippen LogP contribution < -0.4 is 0 Å². The van der Waals surface area contributed by atoms with Gasteiger partial charge in [0.15, 0.2) is 0 Å². The lowest BCUT2D eigenvalue weighted by Crippen LogP contribution is -2.05. The van der Waals surface area contributed by atoms with Gasteiger partial charge in [-0.1, -0.05) is 39.7 Å². The molecule has 0 saturated heterocycles. The van der Waals surface area contributed by atoms with Crippen LogP contribution in [0.4, 0.5) is 13.2 Å². The average molecular weight is 490 g/mol. The van der Waals surface area contributed by atoms with Gasteiger partial charge in [-0.2, -0.15) is 13.2 Å². The highest BCUT2D eigenvalue weighted by Gasteiger charge is 2.30. The summed E-state index contributed by atoms with van der Waals surface area (Å²) in [5.74, 6) is 0. The largest absolute Gasteiger partial charge is 0.416 e. The molecule has 1 unspecified atom stereocenters. The Morgan fingerprint density at radius 1 is 1.10 bits per heavy atom. The molecule has 2 aromatic carbocycles. The van der Waals surface area contributed by atoms with Gasteiger partial charge in [0.2, 0.25) is 0 Å². The molecule has 0 amide bonds. The Morgan fingerprint density at radius 2 is 1.71 bits per heavy atom. The van der Waals surface area contributed by atoms with Crippen LogP contribution in [0.2, 0.25) is 5.02 Å². The van der Waals surface area contributed by atoms with Crippen LogP contribution in [0.5, 0.6) is 0 Å². The molecule has 0 bridgehead atoms. The molecule has 0 aliphatic rings. The van der Waals surface area contributed by atoms with E-state index in [1.54, 1.807) is 0 Å². The molecule has 1 atom stereocenters. The first-order valence-corrected chi connectivity index (χ1v) is 8.40. The van der Waals surface area contributed by atoms with Crippen molar-refractivity contribution >= 4 is 50.1 Å². The van der Waals surface area contributed by atoms with E-state index in [2.05, 4.69) is 38.5 Å². The van der Waals surface area contributed by atoms with Crippen molar-refractivity contribution in [3.8, 4) is 0 Å². The summed E-state index contributed by atoms with van der Waals surface area (Å²) in [7, 11) is 0. The number of hydrogen-bond donors (Lipinski definition) is 0. The maximum atomic E-state index is 12.5. The molecule has 0 saturated carbocycles. The van der Waals surface area contributed by atoms with E-state index >= 15 is 0 Å². The zero-order chi connectivity index (χ0) is 15.6. The van der Waals surface area contributed by atoms with E-state index in [-0.39, 0.29) is 4.83 Å². The molecule has 0 aromatic heterocycles. The molecule has 112 valence electrons. The number of alkyl halides is 4. The molecule has 0 spiro atoms. The Morgan fingerprint density at radius 3 is 2.29 bits per heavy atom. The summed E-state index contributed by atoms with van der Waals surface area (Å²) in [6, 6.07) is 10.8. The Hall–Kier alpha value is -0.270. The van der Waals surface area contributed by atoms with Crippen LogP contribution in [-0.2, 0) is 12.6 Å². The molecule has 0 aliphatic carbocycles. The predicted octanol–water partition coefficient (Wildman–Crippen LogP) is 6.64. The van der Waals surface area contributed by atoms with E-state index in [0.29, 0.717) is 11.4 Å². The van der Waals surface area contributed by atoms with Crippen LogP contribution in [0, 0.1) is 3.57 Å². The van der Waals surface area contributed by atoms with Crippen LogP contribution in [0.3, 0.4) is 0 Å². The zero-order valence-corrected chi connectivity index (χ0v) is 15.1. The second-order valence-corrected chi connectivity index (χ2v) is 7.24. The lowest BCUT2D eigenvalue weighted by atomic mass is 10.0. The zero-order valence-electron chi connectivity index (χ0n) is 10.6. The second-order valence-electron chi connectivity index (χ2n) is 4.53. The number of benzene rings is 2. The number of rotatable bonds is 3. The maximum Gasteiger partial charge on any atom is 0.416 e. The van der Waals surface area contributed by atoms with Crippen LogP contribution in [0.25, 0.3) is 0 Å². The van der Waals surface area contributed by atoms with Gasteiger partial charge in [-0.05, 0) is 70.5 Å². The fourth-order valence-electron chi connectivity index (χ4n) is 1.90.